The predicted molar refractivity (Wildman–Crippen MR) is 43.0 cm³/mol. The smallest absolute Gasteiger partial charge is 0.313 e. The third-order valence-electron chi connectivity index (χ3n) is 1.70. The number of rotatable bonds is 0. The number of halogens is 4. The second-order valence-electron chi connectivity index (χ2n) is 2.53. The molecule has 72 valence electrons. The molecule has 0 saturated carbocycles. The molecule has 2 heterocycles. The molecule has 1 aliphatic heterocycles. The molecular formula is C6H4ClF3N2S. The highest BCUT2D eigenvalue weighted by Gasteiger charge is 2.40. The zero-order chi connectivity index (χ0) is 9.64. The predicted octanol–water partition coefficient (Wildman–Crippen LogP) is 2.66. The molecule has 0 radical (unpaired) electrons. The van der Waals surface area contributed by atoms with Crippen LogP contribution in [-0.4, -0.2) is 15.3 Å². The van der Waals surface area contributed by atoms with Gasteiger partial charge in [-0.25, -0.2) is 4.98 Å². The largest absolute Gasteiger partial charge is 0.434 e. The molecule has 0 saturated heterocycles. The highest BCUT2D eigenvalue weighted by Crippen LogP contribution is 2.39. The van der Waals surface area contributed by atoms with Gasteiger partial charge in [0.05, 0.1) is 0 Å². The van der Waals surface area contributed by atoms with Crippen LogP contribution in [0.25, 0.3) is 0 Å². The van der Waals surface area contributed by atoms with Crippen LogP contribution in [0.4, 0.5) is 13.2 Å². The summed E-state index contributed by atoms with van der Waals surface area (Å²) in [6.45, 7) is 0.328. The Morgan fingerprint density at radius 2 is 2.15 bits per heavy atom. The van der Waals surface area contributed by atoms with Crippen LogP contribution in [-0.2, 0) is 12.7 Å². The minimum atomic E-state index is -4.41. The fourth-order valence-corrected chi connectivity index (χ4v) is 2.51. The number of hydrogen-bond acceptors (Lipinski definition) is 2. The van der Waals surface area contributed by atoms with Crippen LogP contribution in [0.1, 0.15) is 5.69 Å². The molecule has 7 heteroatoms. The standard InChI is InChI=1S/C6H4ClF3N2S/c7-4-3(6(8,9)10)12-1-2-13-5(12)11-4/h1-2H2. The molecule has 0 atom stereocenters. The molecule has 2 nitrogen and oxygen atoms in total. The molecule has 13 heavy (non-hydrogen) atoms. The quantitative estimate of drug-likeness (QED) is 0.680. The first-order valence-electron chi connectivity index (χ1n) is 3.46. The molecule has 2 rings (SSSR count). The molecule has 1 aromatic rings. The van der Waals surface area contributed by atoms with Crippen molar-refractivity contribution in [1.29, 1.82) is 0 Å². The normalized spacial score (nSPS) is 16.3. The summed E-state index contributed by atoms with van der Waals surface area (Å²) in [6, 6.07) is 0. The second-order valence-corrected chi connectivity index (χ2v) is 3.95. The highest BCUT2D eigenvalue weighted by molar-refractivity contribution is 7.99. The van der Waals surface area contributed by atoms with Gasteiger partial charge in [0.2, 0.25) is 0 Å². The van der Waals surface area contributed by atoms with Crippen LogP contribution >= 0.6 is 23.4 Å². The minimum Gasteiger partial charge on any atom is -0.313 e. The topological polar surface area (TPSA) is 17.8 Å². The van der Waals surface area contributed by atoms with Crippen molar-refractivity contribution in [3.8, 4) is 0 Å². The number of imidazole rings is 1. The number of aromatic nitrogens is 2. The van der Waals surface area contributed by atoms with Crippen molar-refractivity contribution < 1.29 is 13.2 Å². The van der Waals surface area contributed by atoms with E-state index >= 15 is 0 Å². The Hall–Kier alpha value is -0.360. The molecule has 1 aromatic heterocycles. The molecule has 0 N–H and O–H groups in total. The van der Waals surface area contributed by atoms with E-state index in [2.05, 4.69) is 4.98 Å². The Kier molecular flexibility index (Phi) is 1.99. The van der Waals surface area contributed by atoms with Crippen LogP contribution in [0.3, 0.4) is 0 Å². The fourth-order valence-electron chi connectivity index (χ4n) is 1.22. The van der Waals surface area contributed by atoms with E-state index in [4.69, 9.17) is 11.6 Å². The maximum atomic E-state index is 12.4. The van der Waals surface area contributed by atoms with E-state index in [1.165, 1.54) is 11.8 Å². The maximum Gasteiger partial charge on any atom is 0.434 e. The molecular weight excluding hydrogens is 225 g/mol. The molecule has 1 aliphatic rings. The van der Waals surface area contributed by atoms with Gasteiger partial charge in [0.15, 0.2) is 16.0 Å². The van der Waals surface area contributed by atoms with Gasteiger partial charge >= 0.3 is 6.18 Å². The van der Waals surface area contributed by atoms with Crippen molar-refractivity contribution in [2.45, 2.75) is 17.9 Å². The molecule has 0 amide bonds. The minimum absolute atomic E-state index is 0.328. The number of alkyl halides is 3. The number of nitrogens with zero attached hydrogens (tertiary/aromatic N) is 2. The van der Waals surface area contributed by atoms with Gasteiger partial charge in [-0.1, -0.05) is 23.4 Å². The lowest BCUT2D eigenvalue weighted by Crippen LogP contribution is -2.13. The van der Waals surface area contributed by atoms with Crippen molar-refractivity contribution in [2.24, 2.45) is 0 Å². The first kappa shape index (κ1) is 9.21. The SMILES string of the molecule is FC(F)(F)c1c(Cl)nc2n1CCS2. The van der Waals surface area contributed by atoms with Gasteiger partial charge in [0, 0.05) is 12.3 Å². The van der Waals surface area contributed by atoms with Crippen LogP contribution in [0, 0.1) is 0 Å². The summed E-state index contributed by atoms with van der Waals surface area (Å²) >= 11 is 6.67. The van der Waals surface area contributed by atoms with Crippen molar-refractivity contribution >= 4 is 23.4 Å². The molecule has 0 aromatic carbocycles. The Morgan fingerprint density at radius 1 is 1.46 bits per heavy atom. The van der Waals surface area contributed by atoms with Crippen molar-refractivity contribution in [2.75, 3.05) is 5.75 Å². The third-order valence-corrected chi connectivity index (χ3v) is 2.92. The van der Waals surface area contributed by atoms with E-state index in [-0.39, 0.29) is 0 Å². The molecule has 0 spiro atoms. The van der Waals surface area contributed by atoms with Gasteiger partial charge < -0.3 is 4.57 Å². The van der Waals surface area contributed by atoms with Gasteiger partial charge in [-0.2, -0.15) is 13.2 Å². The van der Waals surface area contributed by atoms with Crippen molar-refractivity contribution in [3.63, 3.8) is 0 Å². The number of fused-ring (bicyclic) bond motifs is 1. The van der Waals surface area contributed by atoms with E-state index in [1.807, 2.05) is 0 Å². The Balaban J connectivity index is 2.56. The maximum absolute atomic E-state index is 12.4. The van der Waals surface area contributed by atoms with Crippen molar-refractivity contribution in [1.82, 2.24) is 9.55 Å². The first-order chi connectivity index (χ1) is 6.00. The van der Waals surface area contributed by atoms with Gasteiger partial charge in [0.1, 0.15) is 0 Å². The molecule has 0 fully saturated rings. The Bertz CT molecular complexity index is 346. The van der Waals surface area contributed by atoms with Crippen LogP contribution < -0.4 is 0 Å². The van der Waals surface area contributed by atoms with E-state index < -0.39 is 17.0 Å². The van der Waals surface area contributed by atoms with Crippen LogP contribution in [0.5, 0.6) is 0 Å². The Labute approximate surface area is 81.1 Å². The summed E-state index contributed by atoms with van der Waals surface area (Å²) in [5.74, 6) is 0.628. The van der Waals surface area contributed by atoms with Crippen molar-refractivity contribution in [3.05, 3.63) is 10.8 Å². The molecule has 0 unspecified atom stereocenters. The summed E-state index contributed by atoms with van der Waals surface area (Å²) in [4.78, 5) is 3.63. The monoisotopic (exact) mass is 228 g/mol. The zero-order valence-corrected chi connectivity index (χ0v) is 7.80. The lowest BCUT2D eigenvalue weighted by Gasteiger charge is -2.07. The summed E-state index contributed by atoms with van der Waals surface area (Å²) in [5.41, 5.74) is -0.825. The van der Waals surface area contributed by atoms with Gasteiger partial charge in [-0.3, -0.25) is 0 Å². The molecule has 0 bridgehead atoms. The summed E-state index contributed by atoms with van der Waals surface area (Å²) in [5, 5.41) is -0.0907. The zero-order valence-electron chi connectivity index (χ0n) is 6.23. The number of hydrogen-bond donors (Lipinski definition) is 0. The fraction of sp³-hybridized carbons (Fsp3) is 0.500. The van der Waals surface area contributed by atoms with Gasteiger partial charge in [0.25, 0.3) is 0 Å². The number of thioether (sulfide) groups is 1. The summed E-state index contributed by atoms with van der Waals surface area (Å²) in [6.07, 6.45) is -4.41. The van der Waals surface area contributed by atoms with Crippen LogP contribution in [0.15, 0.2) is 5.16 Å². The molecule has 0 aliphatic carbocycles. The highest BCUT2D eigenvalue weighted by atomic mass is 35.5. The van der Waals surface area contributed by atoms with Gasteiger partial charge in [-0.15, -0.1) is 0 Å². The van der Waals surface area contributed by atoms with Gasteiger partial charge in [-0.05, 0) is 0 Å². The van der Waals surface area contributed by atoms with Crippen LogP contribution in [0.2, 0.25) is 5.15 Å². The average molecular weight is 229 g/mol. The average Bonchev–Trinajstić information content (AvgIpc) is 2.41. The Morgan fingerprint density at radius 3 is 2.77 bits per heavy atom. The lowest BCUT2D eigenvalue weighted by molar-refractivity contribution is -0.143. The van der Waals surface area contributed by atoms with E-state index in [9.17, 15) is 13.2 Å². The second kappa shape index (κ2) is 2.81. The summed E-state index contributed by atoms with van der Waals surface area (Å²) < 4.78 is 38.3. The summed E-state index contributed by atoms with van der Waals surface area (Å²) in [7, 11) is 0. The van der Waals surface area contributed by atoms with E-state index in [0.29, 0.717) is 17.5 Å². The van der Waals surface area contributed by atoms with E-state index in [0.717, 1.165) is 4.57 Å². The third kappa shape index (κ3) is 1.42. The van der Waals surface area contributed by atoms with E-state index in [1.54, 1.807) is 0 Å². The lowest BCUT2D eigenvalue weighted by atomic mass is 10.4. The first-order valence-corrected chi connectivity index (χ1v) is 4.82.